The van der Waals surface area contributed by atoms with E-state index in [0.717, 1.165) is 12.8 Å². The summed E-state index contributed by atoms with van der Waals surface area (Å²) in [7, 11) is -2.22. The summed E-state index contributed by atoms with van der Waals surface area (Å²) in [6.07, 6.45) is 2.31. The van der Waals surface area contributed by atoms with Crippen LogP contribution in [0.15, 0.2) is 23.1 Å². The molecule has 0 radical (unpaired) electrons. The van der Waals surface area contributed by atoms with E-state index in [1.807, 2.05) is 6.92 Å². The average Bonchev–Trinajstić information content (AvgIpc) is 3.28. The number of nitrogens with one attached hydrogen (secondary N) is 1. The van der Waals surface area contributed by atoms with Gasteiger partial charge in [0.25, 0.3) is 5.69 Å². The molecule has 0 heterocycles. The maximum absolute atomic E-state index is 12.8. The van der Waals surface area contributed by atoms with Crippen LogP contribution in [-0.4, -0.2) is 37.3 Å². The number of nitro benzene ring substituents is 1. The monoisotopic (exact) mass is 313 g/mol. The minimum Gasteiger partial charge on any atom is -0.388 e. The third-order valence-corrected chi connectivity index (χ3v) is 5.41. The second kappa shape index (κ2) is 5.98. The lowest BCUT2D eigenvalue weighted by atomic mass is 10.3. The molecule has 0 atom stereocenters. The first kappa shape index (κ1) is 15.7. The molecular weight excluding hydrogens is 294 g/mol. The number of sulfonamides is 1. The number of anilines is 1. The van der Waals surface area contributed by atoms with Gasteiger partial charge in [0.1, 0.15) is 0 Å². The van der Waals surface area contributed by atoms with E-state index < -0.39 is 14.9 Å². The molecule has 0 aliphatic heterocycles. The van der Waals surface area contributed by atoms with E-state index >= 15 is 0 Å². The normalized spacial score (nSPS) is 15.2. The SMILES string of the molecule is CCCN(C1CC1)S(=O)(=O)c1cc(NC)ccc1[N+](=O)[O-]. The lowest BCUT2D eigenvalue weighted by molar-refractivity contribution is -0.387. The van der Waals surface area contributed by atoms with E-state index in [4.69, 9.17) is 0 Å². The summed E-state index contributed by atoms with van der Waals surface area (Å²) in [5.74, 6) is 0. The van der Waals surface area contributed by atoms with Crippen LogP contribution in [0.4, 0.5) is 11.4 Å². The van der Waals surface area contributed by atoms with Crippen LogP contribution >= 0.6 is 0 Å². The van der Waals surface area contributed by atoms with Crippen molar-refractivity contribution in [3.8, 4) is 0 Å². The number of nitrogens with zero attached hydrogens (tertiary/aromatic N) is 2. The summed E-state index contributed by atoms with van der Waals surface area (Å²) in [6, 6.07) is 4.04. The van der Waals surface area contributed by atoms with Gasteiger partial charge in [-0.05, 0) is 31.4 Å². The Morgan fingerprint density at radius 3 is 2.57 bits per heavy atom. The van der Waals surface area contributed by atoms with Crippen LogP contribution in [0, 0.1) is 10.1 Å². The van der Waals surface area contributed by atoms with E-state index in [9.17, 15) is 18.5 Å². The standard InChI is InChI=1S/C13H19N3O4S/c1-3-8-15(11-5-6-11)21(19,20)13-9-10(14-2)4-7-12(13)16(17)18/h4,7,9,11,14H,3,5-6,8H2,1-2H3. The van der Waals surface area contributed by atoms with Crippen molar-refractivity contribution >= 4 is 21.4 Å². The largest absolute Gasteiger partial charge is 0.388 e. The highest BCUT2D eigenvalue weighted by Crippen LogP contribution is 2.36. The molecule has 1 N–H and O–H groups in total. The molecular formula is C13H19N3O4S. The van der Waals surface area contributed by atoms with Gasteiger partial charge in [0.15, 0.2) is 4.90 Å². The molecule has 0 bridgehead atoms. The van der Waals surface area contributed by atoms with Gasteiger partial charge in [-0.3, -0.25) is 10.1 Å². The first-order valence-electron chi connectivity index (χ1n) is 6.89. The Bertz CT molecular complexity index is 641. The van der Waals surface area contributed by atoms with E-state index in [-0.39, 0.29) is 16.6 Å². The lowest BCUT2D eigenvalue weighted by Gasteiger charge is -2.21. The van der Waals surface area contributed by atoms with Crippen LogP contribution in [0.1, 0.15) is 26.2 Å². The van der Waals surface area contributed by atoms with Crippen molar-refractivity contribution in [3.05, 3.63) is 28.3 Å². The minimum absolute atomic E-state index is 0.0206. The molecule has 1 fully saturated rings. The van der Waals surface area contributed by atoms with Crippen molar-refractivity contribution in [2.75, 3.05) is 18.9 Å². The Morgan fingerprint density at radius 2 is 2.10 bits per heavy atom. The number of benzene rings is 1. The molecule has 1 saturated carbocycles. The first-order chi connectivity index (χ1) is 9.91. The van der Waals surface area contributed by atoms with Gasteiger partial charge in [-0.1, -0.05) is 6.92 Å². The van der Waals surface area contributed by atoms with Gasteiger partial charge in [0.2, 0.25) is 10.0 Å². The topological polar surface area (TPSA) is 92.6 Å². The number of hydrogen-bond donors (Lipinski definition) is 1. The zero-order chi connectivity index (χ0) is 15.6. The molecule has 0 unspecified atom stereocenters. The Labute approximate surface area is 124 Å². The quantitative estimate of drug-likeness (QED) is 0.615. The smallest absolute Gasteiger partial charge is 0.289 e. The van der Waals surface area contributed by atoms with Crippen molar-refractivity contribution in [2.24, 2.45) is 0 Å². The molecule has 1 aliphatic carbocycles. The fraction of sp³-hybridized carbons (Fsp3) is 0.538. The van der Waals surface area contributed by atoms with E-state index in [1.165, 1.54) is 22.5 Å². The van der Waals surface area contributed by atoms with E-state index in [2.05, 4.69) is 5.32 Å². The summed E-state index contributed by atoms with van der Waals surface area (Å²) in [6.45, 7) is 2.28. The molecule has 1 aromatic carbocycles. The van der Waals surface area contributed by atoms with Crippen molar-refractivity contribution in [1.29, 1.82) is 0 Å². The zero-order valence-electron chi connectivity index (χ0n) is 12.1. The Kier molecular flexibility index (Phi) is 4.48. The van der Waals surface area contributed by atoms with Crippen molar-refractivity contribution in [1.82, 2.24) is 4.31 Å². The Morgan fingerprint density at radius 1 is 1.43 bits per heavy atom. The van der Waals surface area contributed by atoms with Gasteiger partial charge in [-0.2, -0.15) is 4.31 Å². The van der Waals surface area contributed by atoms with Gasteiger partial charge >= 0.3 is 0 Å². The van der Waals surface area contributed by atoms with Crippen LogP contribution in [0.2, 0.25) is 0 Å². The molecule has 2 rings (SSSR count). The van der Waals surface area contributed by atoms with Gasteiger partial charge < -0.3 is 5.32 Å². The van der Waals surface area contributed by atoms with Crippen LogP contribution in [0.5, 0.6) is 0 Å². The Hall–Kier alpha value is -1.67. The van der Waals surface area contributed by atoms with Crippen molar-refractivity contribution in [3.63, 3.8) is 0 Å². The fourth-order valence-corrected chi connectivity index (χ4v) is 4.20. The first-order valence-corrected chi connectivity index (χ1v) is 8.33. The van der Waals surface area contributed by atoms with Crippen LogP contribution in [-0.2, 0) is 10.0 Å². The van der Waals surface area contributed by atoms with Crippen LogP contribution < -0.4 is 5.32 Å². The number of hydrogen-bond acceptors (Lipinski definition) is 5. The molecule has 21 heavy (non-hydrogen) atoms. The molecule has 0 aromatic heterocycles. The highest BCUT2D eigenvalue weighted by atomic mass is 32.2. The second-order valence-corrected chi connectivity index (χ2v) is 6.90. The number of rotatable bonds is 7. The minimum atomic E-state index is -3.86. The summed E-state index contributed by atoms with van der Waals surface area (Å²) >= 11 is 0. The molecule has 7 nitrogen and oxygen atoms in total. The Balaban J connectivity index is 2.53. The maximum Gasteiger partial charge on any atom is 0.289 e. The predicted octanol–water partition coefficient (Wildman–Crippen LogP) is 2.20. The molecule has 1 aromatic rings. The molecule has 116 valence electrons. The van der Waals surface area contributed by atoms with E-state index in [1.54, 1.807) is 7.05 Å². The lowest BCUT2D eigenvalue weighted by Crippen LogP contribution is -2.34. The summed E-state index contributed by atoms with van der Waals surface area (Å²) in [5.41, 5.74) is 0.155. The van der Waals surface area contributed by atoms with Crippen LogP contribution in [0.25, 0.3) is 0 Å². The molecule has 0 saturated heterocycles. The fourth-order valence-electron chi connectivity index (χ4n) is 2.24. The molecule has 8 heteroatoms. The van der Waals surface area contributed by atoms with Gasteiger partial charge in [-0.25, -0.2) is 8.42 Å². The summed E-state index contributed by atoms with van der Waals surface area (Å²) in [5, 5.41) is 14.0. The van der Waals surface area contributed by atoms with E-state index in [0.29, 0.717) is 18.7 Å². The second-order valence-electron chi connectivity index (χ2n) is 5.04. The van der Waals surface area contributed by atoms with Crippen LogP contribution in [0.3, 0.4) is 0 Å². The third kappa shape index (κ3) is 3.16. The molecule has 0 amide bonds. The van der Waals surface area contributed by atoms with Gasteiger partial charge in [0.05, 0.1) is 4.92 Å². The van der Waals surface area contributed by atoms with Crippen molar-refractivity contribution < 1.29 is 13.3 Å². The summed E-state index contributed by atoms with van der Waals surface area (Å²) in [4.78, 5) is 10.3. The highest BCUT2D eigenvalue weighted by Gasteiger charge is 2.40. The highest BCUT2D eigenvalue weighted by molar-refractivity contribution is 7.89. The number of nitro groups is 1. The predicted molar refractivity (Wildman–Crippen MR) is 79.8 cm³/mol. The van der Waals surface area contributed by atoms with Gasteiger partial charge in [-0.15, -0.1) is 0 Å². The average molecular weight is 313 g/mol. The maximum atomic E-state index is 12.8. The molecule has 1 aliphatic rings. The summed E-state index contributed by atoms with van der Waals surface area (Å²) < 4.78 is 27.0. The zero-order valence-corrected chi connectivity index (χ0v) is 12.9. The molecule has 0 spiro atoms. The third-order valence-electron chi connectivity index (χ3n) is 3.43. The van der Waals surface area contributed by atoms with Crippen molar-refractivity contribution in [2.45, 2.75) is 37.1 Å². The van der Waals surface area contributed by atoms with Gasteiger partial charge in [0, 0.05) is 31.4 Å².